The van der Waals surface area contributed by atoms with Crippen molar-refractivity contribution in [3.05, 3.63) is 59.4 Å². The van der Waals surface area contributed by atoms with E-state index in [4.69, 9.17) is 0 Å². The van der Waals surface area contributed by atoms with E-state index in [-0.39, 0.29) is 14.7 Å². The molecule has 0 radical (unpaired) electrons. The molecular weight excluding hydrogens is 271 g/mol. The van der Waals surface area contributed by atoms with Crippen molar-refractivity contribution >= 4 is 0 Å². The minimum atomic E-state index is -0.0880. The molecule has 0 aliphatic heterocycles. The molecule has 0 atom stereocenters. The average molecular weight is 300 g/mol. The highest BCUT2D eigenvalue weighted by molar-refractivity contribution is 5.64. The molecule has 0 saturated heterocycles. The van der Waals surface area contributed by atoms with Crippen molar-refractivity contribution in [1.29, 1.82) is 0 Å². The third-order valence-electron chi connectivity index (χ3n) is 4.84. The summed E-state index contributed by atoms with van der Waals surface area (Å²) in [4.78, 5) is 0. The highest BCUT2D eigenvalue weighted by Crippen LogP contribution is 2.36. The van der Waals surface area contributed by atoms with Crippen LogP contribution in [-0.2, 0) is 0 Å². The Morgan fingerprint density at radius 3 is 2.18 bits per heavy atom. The van der Waals surface area contributed by atoms with E-state index in [0.29, 0.717) is 11.5 Å². The molecule has 2 aromatic rings. The van der Waals surface area contributed by atoms with Crippen molar-refractivity contribution in [3.63, 3.8) is 0 Å². The van der Waals surface area contributed by atoms with Crippen LogP contribution in [0, 0.1) is 18.7 Å². The van der Waals surface area contributed by atoms with Crippen LogP contribution in [0.1, 0.15) is 58.5 Å². The molecule has 0 aromatic heterocycles. The molecule has 1 saturated carbocycles. The van der Waals surface area contributed by atoms with Gasteiger partial charge in [0.2, 0.25) is 0 Å². The summed E-state index contributed by atoms with van der Waals surface area (Å²) < 4.78 is 14.5. The van der Waals surface area contributed by atoms with Gasteiger partial charge >= 0.3 is 0 Å². The molecule has 0 heterocycles. The second-order valence-corrected chi connectivity index (χ2v) is 6.56. The summed E-state index contributed by atoms with van der Waals surface area (Å²) in [6.45, 7) is 4.37. The summed E-state index contributed by atoms with van der Waals surface area (Å²) in [5.74, 6) is 1.29. The summed E-state index contributed by atoms with van der Waals surface area (Å²) >= 11 is 0. The Kier molecular flexibility index (Phi) is 5.39. The van der Waals surface area contributed by atoms with Crippen molar-refractivity contribution in [2.24, 2.45) is 5.92 Å². The summed E-state index contributed by atoms with van der Waals surface area (Å²) in [7, 11) is 0. The number of aryl methyl sites for hydroxylation is 1. The Balaban J connectivity index is 0.00000132. The summed E-state index contributed by atoms with van der Waals surface area (Å²) in [5.41, 5.74) is 4.05. The standard InChI is InChI=1S/C20H23F.CH4.H2/c1-14-3-7-16(8-4-14)18-11-12-19(20(21)13-18)17-9-5-15(2)6-10-17;;/h5-6,9-14,16H,3-4,7-8H2,1-2H3;1H4;1H. The van der Waals surface area contributed by atoms with Crippen molar-refractivity contribution in [2.75, 3.05) is 0 Å². The second kappa shape index (κ2) is 7.09. The summed E-state index contributed by atoms with van der Waals surface area (Å²) in [6, 6.07) is 13.9. The first-order valence-electron chi connectivity index (χ1n) is 8.00. The fourth-order valence-electron chi connectivity index (χ4n) is 3.35. The van der Waals surface area contributed by atoms with E-state index in [1.807, 2.05) is 37.3 Å². The maximum atomic E-state index is 14.5. The molecule has 0 unspecified atom stereocenters. The van der Waals surface area contributed by atoms with Crippen LogP contribution in [0.25, 0.3) is 11.1 Å². The van der Waals surface area contributed by atoms with E-state index in [0.717, 1.165) is 11.5 Å². The molecule has 1 aliphatic rings. The van der Waals surface area contributed by atoms with Gasteiger partial charge in [-0.25, -0.2) is 4.39 Å². The van der Waals surface area contributed by atoms with E-state index in [9.17, 15) is 4.39 Å². The molecule has 0 bridgehead atoms. The first kappa shape index (κ1) is 16.7. The van der Waals surface area contributed by atoms with Gasteiger partial charge in [-0.1, -0.05) is 69.2 Å². The van der Waals surface area contributed by atoms with Crippen LogP contribution < -0.4 is 0 Å². The average Bonchev–Trinajstić information content (AvgIpc) is 2.49. The summed E-state index contributed by atoms with van der Waals surface area (Å²) in [6.07, 6.45) is 4.94. The lowest BCUT2D eigenvalue weighted by Crippen LogP contribution is -2.11. The van der Waals surface area contributed by atoms with Gasteiger partial charge in [0.05, 0.1) is 0 Å². The predicted molar refractivity (Wildman–Crippen MR) is 95.8 cm³/mol. The van der Waals surface area contributed by atoms with Gasteiger partial charge in [-0.3, -0.25) is 0 Å². The van der Waals surface area contributed by atoms with Crippen LogP contribution in [0.4, 0.5) is 4.39 Å². The monoisotopic (exact) mass is 300 g/mol. The zero-order chi connectivity index (χ0) is 14.8. The van der Waals surface area contributed by atoms with Crippen LogP contribution in [0.5, 0.6) is 0 Å². The quantitative estimate of drug-likeness (QED) is 0.561. The highest BCUT2D eigenvalue weighted by atomic mass is 19.1. The SMILES string of the molecule is C.Cc1ccc(-c2ccc(C3CCC(C)CC3)cc2F)cc1.[HH]. The third kappa shape index (κ3) is 3.58. The van der Waals surface area contributed by atoms with E-state index in [1.54, 1.807) is 6.07 Å². The third-order valence-corrected chi connectivity index (χ3v) is 4.84. The molecule has 3 rings (SSSR count). The van der Waals surface area contributed by atoms with Gasteiger partial charge in [0.1, 0.15) is 5.82 Å². The number of benzene rings is 2. The Labute approximate surface area is 135 Å². The minimum Gasteiger partial charge on any atom is -0.206 e. The topological polar surface area (TPSA) is 0 Å². The number of hydrogen-bond acceptors (Lipinski definition) is 0. The fourth-order valence-corrected chi connectivity index (χ4v) is 3.35. The Morgan fingerprint density at radius 1 is 0.955 bits per heavy atom. The minimum absolute atomic E-state index is 0. The van der Waals surface area contributed by atoms with Gasteiger partial charge < -0.3 is 0 Å². The number of halogens is 1. The van der Waals surface area contributed by atoms with E-state index in [2.05, 4.69) is 13.0 Å². The van der Waals surface area contributed by atoms with Crippen LogP contribution in [0.3, 0.4) is 0 Å². The number of rotatable bonds is 2. The van der Waals surface area contributed by atoms with Crippen LogP contribution in [0.2, 0.25) is 0 Å². The Morgan fingerprint density at radius 2 is 1.59 bits per heavy atom. The van der Waals surface area contributed by atoms with Crippen molar-refractivity contribution in [1.82, 2.24) is 0 Å². The second-order valence-electron chi connectivity index (χ2n) is 6.56. The van der Waals surface area contributed by atoms with Crippen LogP contribution in [-0.4, -0.2) is 0 Å². The molecule has 1 fully saturated rings. The van der Waals surface area contributed by atoms with Crippen molar-refractivity contribution in [3.8, 4) is 11.1 Å². The zero-order valence-corrected chi connectivity index (χ0v) is 12.9. The molecule has 0 amide bonds. The van der Waals surface area contributed by atoms with Gasteiger partial charge in [-0.2, -0.15) is 0 Å². The van der Waals surface area contributed by atoms with Gasteiger partial charge in [-0.05, 0) is 48.8 Å². The molecule has 22 heavy (non-hydrogen) atoms. The lowest BCUT2D eigenvalue weighted by Gasteiger charge is -2.26. The maximum absolute atomic E-state index is 14.5. The first-order valence-corrected chi connectivity index (χ1v) is 8.00. The molecule has 0 spiro atoms. The summed E-state index contributed by atoms with van der Waals surface area (Å²) in [5, 5.41) is 0. The lowest BCUT2D eigenvalue weighted by atomic mass is 9.79. The number of hydrogen-bond donors (Lipinski definition) is 0. The molecule has 1 heteroatoms. The van der Waals surface area contributed by atoms with Crippen molar-refractivity contribution in [2.45, 2.75) is 52.9 Å². The zero-order valence-electron chi connectivity index (χ0n) is 12.9. The van der Waals surface area contributed by atoms with Gasteiger partial charge in [-0.15, -0.1) is 0 Å². The van der Waals surface area contributed by atoms with Gasteiger partial charge in [0.25, 0.3) is 0 Å². The maximum Gasteiger partial charge on any atom is 0.131 e. The Bertz CT molecular complexity index is 610. The lowest BCUT2D eigenvalue weighted by molar-refractivity contribution is 0.347. The van der Waals surface area contributed by atoms with Crippen LogP contribution >= 0.6 is 0 Å². The normalized spacial score (nSPS) is 21.2. The van der Waals surface area contributed by atoms with Crippen LogP contribution in [0.15, 0.2) is 42.5 Å². The highest BCUT2D eigenvalue weighted by Gasteiger charge is 2.20. The van der Waals surface area contributed by atoms with E-state index >= 15 is 0 Å². The fraction of sp³-hybridized carbons (Fsp3) is 0.429. The molecule has 120 valence electrons. The molecule has 1 aliphatic carbocycles. The van der Waals surface area contributed by atoms with E-state index < -0.39 is 0 Å². The molecule has 2 aromatic carbocycles. The molecule has 0 N–H and O–H groups in total. The predicted octanol–water partition coefficient (Wildman–Crippen LogP) is 6.98. The molecule has 0 nitrogen and oxygen atoms in total. The largest absolute Gasteiger partial charge is 0.206 e. The Hall–Kier alpha value is -1.63. The smallest absolute Gasteiger partial charge is 0.131 e. The molecular formula is C21H29F. The van der Waals surface area contributed by atoms with Gasteiger partial charge in [0.15, 0.2) is 0 Å². The first-order chi connectivity index (χ1) is 10.1. The van der Waals surface area contributed by atoms with Crippen molar-refractivity contribution < 1.29 is 5.82 Å². The van der Waals surface area contributed by atoms with Gasteiger partial charge in [0, 0.05) is 6.99 Å². The van der Waals surface area contributed by atoms with E-state index in [1.165, 1.54) is 36.8 Å².